The van der Waals surface area contributed by atoms with Crippen LogP contribution in [0.15, 0.2) is 44.9 Å². The molecule has 2 heterocycles. The molecule has 0 spiro atoms. The first-order chi connectivity index (χ1) is 10.1. The molecule has 0 atom stereocenters. The van der Waals surface area contributed by atoms with Gasteiger partial charge in [-0.15, -0.1) is 0 Å². The number of benzene rings is 1. The van der Waals surface area contributed by atoms with E-state index < -0.39 is 0 Å². The number of carbonyl (C=O) groups excluding carboxylic acids is 2. The number of rotatable bonds is 2. The quantitative estimate of drug-likeness (QED) is 0.516. The van der Waals surface area contributed by atoms with Gasteiger partial charge in [0.2, 0.25) is 0 Å². The van der Waals surface area contributed by atoms with Gasteiger partial charge in [0, 0.05) is 25.2 Å². The van der Waals surface area contributed by atoms with Gasteiger partial charge >= 0.3 is 0 Å². The maximum absolute atomic E-state index is 12.6. The first-order valence-corrected chi connectivity index (χ1v) is 8.30. The molecule has 6 heteroatoms. The van der Waals surface area contributed by atoms with Crippen LogP contribution in [0, 0.1) is 0 Å². The fourth-order valence-corrected chi connectivity index (χ4v) is 4.15. The standard InChI is InChI=1S/C15H14N2O2S2/c16-11-3-1-10(2-4-11)9-17-6-5-12(18)13(14(17)19)15-20-7-8-21-15/h1-4,7-8H,5-6,9,16H2. The van der Waals surface area contributed by atoms with Crippen molar-refractivity contribution in [1.82, 2.24) is 4.90 Å². The van der Waals surface area contributed by atoms with Crippen LogP contribution in [0.4, 0.5) is 5.69 Å². The number of hydrogen-bond acceptors (Lipinski definition) is 5. The molecule has 0 bridgehead atoms. The summed E-state index contributed by atoms with van der Waals surface area (Å²) < 4.78 is 0.798. The number of likely N-dealkylation sites (tertiary alicyclic amines) is 1. The third-order valence-corrected chi connectivity index (χ3v) is 5.48. The minimum atomic E-state index is -0.165. The number of anilines is 1. The first kappa shape index (κ1) is 14.3. The number of hydrogen-bond donors (Lipinski definition) is 1. The predicted molar refractivity (Wildman–Crippen MR) is 87.2 cm³/mol. The Kier molecular flexibility index (Phi) is 4.07. The Morgan fingerprint density at radius 3 is 2.43 bits per heavy atom. The van der Waals surface area contributed by atoms with E-state index in [9.17, 15) is 9.59 Å². The first-order valence-electron chi connectivity index (χ1n) is 6.54. The minimum Gasteiger partial charge on any atom is -0.399 e. The van der Waals surface area contributed by atoms with Crippen LogP contribution < -0.4 is 5.73 Å². The highest BCUT2D eigenvalue weighted by Crippen LogP contribution is 2.41. The molecule has 108 valence electrons. The summed E-state index contributed by atoms with van der Waals surface area (Å²) in [6.07, 6.45) is 0.390. The smallest absolute Gasteiger partial charge is 0.259 e. The highest BCUT2D eigenvalue weighted by molar-refractivity contribution is 8.27. The van der Waals surface area contributed by atoms with E-state index in [1.54, 1.807) is 4.90 Å². The Bertz CT molecular complexity index is 640. The predicted octanol–water partition coefficient (Wildman–Crippen LogP) is 2.73. The van der Waals surface area contributed by atoms with E-state index in [1.165, 1.54) is 23.5 Å². The number of nitrogens with two attached hydrogens (primary N) is 1. The van der Waals surface area contributed by atoms with Crippen molar-refractivity contribution in [2.75, 3.05) is 12.3 Å². The van der Waals surface area contributed by atoms with Crippen LogP contribution >= 0.6 is 23.5 Å². The van der Waals surface area contributed by atoms with E-state index in [2.05, 4.69) is 0 Å². The third-order valence-electron chi connectivity index (χ3n) is 3.35. The Labute approximate surface area is 131 Å². The van der Waals surface area contributed by atoms with Gasteiger partial charge in [-0.1, -0.05) is 35.7 Å². The second kappa shape index (κ2) is 5.99. The van der Waals surface area contributed by atoms with Crippen molar-refractivity contribution < 1.29 is 9.59 Å². The number of nitrogen functional groups attached to an aromatic ring is 1. The summed E-state index contributed by atoms with van der Waals surface area (Å²) in [6, 6.07) is 7.46. The number of thioether (sulfide) groups is 2. The van der Waals surface area contributed by atoms with Gasteiger partial charge in [-0.3, -0.25) is 9.59 Å². The highest BCUT2D eigenvalue weighted by Gasteiger charge is 2.33. The molecule has 1 saturated heterocycles. The van der Waals surface area contributed by atoms with Crippen molar-refractivity contribution in [2.45, 2.75) is 13.0 Å². The molecule has 0 aromatic heterocycles. The molecule has 21 heavy (non-hydrogen) atoms. The molecule has 2 N–H and O–H groups in total. The maximum atomic E-state index is 12.6. The Hall–Kier alpha value is -1.66. The molecule has 3 rings (SSSR count). The van der Waals surface area contributed by atoms with Gasteiger partial charge in [0.05, 0.1) is 4.24 Å². The van der Waals surface area contributed by atoms with E-state index in [-0.39, 0.29) is 11.7 Å². The van der Waals surface area contributed by atoms with Gasteiger partial charge in [0.25, 0.3) is 5.91 Å². The second-order valence-corrected chi connectivity index (χ2v) is 6.90. The van der Waals surface area contributed by atoms with E-state index in [4.69, 9.17) is 5.73 Å². The molecule has 1 aromatic carbocycles. The van der Waals surface area contributed by atoms with E-state index in [1.807, 2.05) is 35.1 Å². The zero-order chi connectivity index (χ0) is 14.8. The fourth-order valence-electron chi connectivity index (χ4n) is 2.26. The van der Waals surface area contributed by atoms with E-state index in [0.717, 1.165) is 9.80 Å². The second-order valence-electron chi connectivity index (χ2n) is 4.81. The number of ketones is 1. The molecule has 0 saturated carbocycles. The SMILES string of the molecule is Nc1ccc(CN2CCC(=O)C(=C3SC=CS3)C2=O)cc1. The van der Waals surface area contributed by atoms with Gasteiger partial charge in [0.1, 0.15) is 5.57 Å². The van der Waals surface area contributed by atoms with Crippen molar-refractivity contribution in [3.63, 3.8) is 0 Å². The van der Waals surface area contributed by atoms with Crippen LogP contribution in [0.1, 0.15) is 12.0 Å². The molecule has 1 fully saturated rings. The molecule has 0 radical (unpaired) electrons. The maximum Gasteiger partial charge on any atom is 0.259 e. The summed E-state index contributed by atoms with van der Waals surface area (Å²) in [5.41, 5.74) is 7.72. The highest BCUT2D eigenvalue weighted by atomic mass is 32.2. The van der Waals surface area contributed by atoms with Crippen molar-refractivity contribution in [1.29, 1.82) is 0 Å². The van der Waals surface area contributed by atoms with E-state index in [0.29, 0.717) is 30.8 Å². The van der Waals surface area contributed by atoms with Crippen molar-refractivity contribution in [3.8, 4) is 0 Å². The molecular formula is C15H14N2O2S2. The Morgan fingerprint density at radius 1 is 1.10 bits per heavy atom. The fraction of sp³-hybridized carbons (Fsp3) is 0.200. The van der Waals surface area contributed by atoms with Crippen molar-refractivity contribution >= 4 is 40.9 Å². The summed E-state index contributed by atoms with van der Waals surface area (Å²) in [4.78, 5) is 26.4. The van der Waals surface area contributed by atoms with E-state index >= 15 is 0 Å². The lowest BCUT2D eigenvalue weighted by Gasteiger charge is -2.28. The lowest BCUT2D eigenvalue weighted by Crippen LogP contribution is -2.40. The average molecular weight is 318 g/mol. The molecule has 4 nitrogen and oxygen atoms in total. The number of carbonyl (C=O) groups is 2. The van der Waals surface area contributed by atoms with Crippen molar-refractivity contribution in [3.05, 3.63) is 50.5 Å². The summed E-state index contributed by atoms with van der Waals surface area (Å²) >= 11 is 2.89. The zero-order valence-corrected chi connectivity index (χ0v) is 12.9. The number of piperidine rings is 1. The lowest BCUT2D eigenvalue weighted by atomic mass is 10.0. The van der Waals surface area contributed by atoms with Crippen LogP contribution in [0.2, 0.25) is 0 Å². The van der Waals surface area contributed by atoms with Crippen LogP contribution in [-0.2, 0) is 16.1 Å². The topological polar surface area (TPSA) is 63.4 Å². The third kappa shape index (κ3) is 3.01. The van der Waals surface area contributed by atoms with Gasteiger partial charge in [0.15, 0.2) is 5.78 Å². The normalized spacial score (nSPS) is 18.8. The monoisotopic (exact) mass is 318 g/mol. The van der Waals surface area contributed by atoms with Gasteiger partial charge in [-0.05, 0) is 28.5 Å². The van der Waals surface area contributed by atoms with Gasteiger partial charge in [-0.25, -0.2) is 0 Å². The number of Topliss-reactive ketones (excluding diaryl/α,β-unsaturated/α-hetero) is 1. The van der Waals surface area contributed by atoms with Crippen LogP contribution in [0.5, 0.6) is 0 Å². The molecule has 0 unspecified atom stereocenters. The number of amides is 1. The molecule has 1 amide bonds. The number of nitrogens with zero attached hydrogens (tertiary/aromatic N) is 1. The molecule has 2 aliphatic heterocycles. The molecule has 0 aliphatic carbocycles. The summed E-state index contributed by atoms with van der Waals surface area (Å²) in [5.74, 6) is -0.214. The van der Waals surface area contributed by atoms with Crippen molar-refractivity contribution in [2.24, 2.45) is 0 Å². The van der Waals surface area contributed by atoms with Crippen LogP contribution in [-0.4, -0.2) is 23.1 Å². The lowest BCUT2D eigenvalue weighted by molar-refractivity contribution is -0.133. The Morgan fingerprint density at radius 2 is 1.76 bits per heavy atom. The zero-order valence-electron chi connectivity index (χ0n) is 11.2. The van der Waals surface area contributed by atoms with Gasteiger partial charge < -0.3 is 10.6 Å². The largest absolute Gasteiger partial charge is 0.399 e. The molecule has 2 aliphatic rings. The minimum absolute atomic E-state index is 0.0488. The average Bonchev–Trinajstić information content (AvgIpc) is 2.98. The molecular weight excluding hydrogens is 304 g/mol. The van der Waals surface area contributed by atoms with Crippen LogP contribution in [0.25, 0.3) is 0 Å². The van der Waals surface area contributed by atoms with Gasteiger partial charge in [-0.2, -0.15) is 0 Å². The van der Waals surface area contributed by atoms with Crippen LogP contribution in [0.3, 0.4) is 0 Å². The molecule has 1 aromatic rings. The Balaban J connectivity index is 1.81. The summed E-state index contributed by atoms with van der Waals surface area (Å²) in [5, 5.41) is 3.79. The summed E-state index contributed by atoms with van der Waals surface area (Å²) in [7, 11) is 0. The summed E-state index contributed by atoms with van der Waals surface area (Å²) in [6.45, 7) is 0.980.